The van der Waals surface area contributed by atoms with E-state index in [0.29, 0.717) is 18.6 Å². The summed E-state index contributed by atoms with van der Waals surface area (Å²) in [6.07, 6.45) is 10.2. The third-order valence-corrected chi connectivity index (χ3v) is 5.88. The minimum absolute atomic E-state index is 0.255. The van der Waals surface area contributed by atoms with Crippen molar-refractivity contribution in [1.29, 1.82) is 0 Å². The molecule has 1 amide bonds. The minimum atomic E-state index is 0.255. The molecule has 0 aromatic carbocycles. The summed E-state index contributed by atoms with van der Waals surface area (Å²) in [5, 5.41) is 0. The van der Waals surface area contributed by atoms with Crippen molar-refractivity contribution in [1.82, 2.24) is 9.80 Å². The zero-order valence-electron chi connectivity index (χ0n) is 13.5. The maximum absolute atomic E-state index is 12.6. The molecule has 1 saturated carbocycles. The van der Waals surface area contributed by atoms with Crippen LogP contribution in [0.25, 0.3) is 0 Å². The molecular formula is C17H30N2O2. The molecule has 0 aromatic heterocycles. The van der Waals surface area contributed by atoms with Crippen molar-refractivity contribution >= 4 is 5.91 Å². The van der Waals surface area contributed by atoms with Gasteiger partial charge in [0.1, 0.15) is 0 Å². The van der Waals surface area contributed by atoms with Gasteiger partial charge in [-0.1, -0.05) is 12.8 Å². The normalized spacial score (nSPS) is 34.5. The van der Waals surface area contributed by atoms with Crippen LogP contribution in [-0.4, -0.2) is 61.6 Å². The SMILES string of the molecule is CO[C@@H]1CCC[C@@]12CCCN(C(=O)CN1CCCCC1)C2. The molecule has 3 rings (SSSR count). The lowest BCUT2D eigenvalue weighted by atomic mass is 9.76. The average molecular weight is 294 g/mol. The molecule has 4 nitrogen and oxygen atoms in total. The van der Waals surface area contributed by atoms with Gasteiger partial charge in [0, 0.05) is 25.6 Å². The van der Waals surface area contributed by atoms with Gasteiger partial charge in [0.05, 0.1) is 12.6 Å². The number of methoxy groups -OCH3 is 1. The second-order valence-electron chi connectivity index (χ2n) is 7.23. The van der Waals surface area contributed by atoms with Gasteiger partial charge < -0.3 is 9.64 Å². The molecule has 0 bridgehead atoms. The number of ether oxygens (including phenoxy) is 1. The van der Waals surface area contributed by atoms with E-state index in [-0.39, 0.29) is 5.41 Å². The Hall–Kier alpha value is -0.610. The molecule has 4 heteroatoms. The monoisotopic (exact) mass is 294 g/mol. The van der Waals surface area contributed by atoms with E-state index >= 15 is 0 Å². The van der Waals surface area contributed by atoms with Gasteiger partial charge in [-0.2, -0.15) is 0 Å². The molecule has 3 aliphatic rings. The van der Waals surface area contributed by atoms with Crippen LogP contribution in [0.3, 0.4) is 0 Å². The number of likely N-dealkylation sites (tertiary alicyclic amines) is 2. The molecule has 120 valence electrons. The lowest BCUT2D eigenvalue weighted by molar-refractivity contribution is -0.138. The molecule has 0 unspecified atom stereocenters. The van der Waals surface area contributed by atoms with Crippen molar-refractivity contribution in [3.63, 3.8) is 0 Å². The number of nitrogens with zero attached hydrogens (tertiary/aromatic N) is 2. The van der Waals surface area contributed by atoms with Crippen LogP contribution >= 0.6 is 0 Å². The first kappa shape index (κ1) is 15.3. The quantitative estimate of drug-likeness (QED) is 0.800. The van der Waals surface area contributed by atoms with E-state index in [9.17, 15) is 4.79 Å². The van der Waals surface area contributed by atoms with Crippen molar-refractivity contribution in [3.8, 4) is 0 Å². The van der Waals surface area contributed by atoms with Crippen LogP contribution in [-0.2, 0) is 9.53 Å². The summed E-state index contributed by atoms with van der Waals surface area (Å²) in [6, 6.07) is 0. The largest absolute Gasteiger partial charge is 0.381 e. The molecule has 0 N–H and O–H groups in total. The van der Waals surface area contributed by atoms with E-state index < -0.39 is 0 Å². The fraction of sp³-hybridized carbons (Fsp3) is 0.941. The predicted octanol–water partition coefficient (Wildman–Crippen LogP) is 2.28. The second kappa shape index (κ2) is 6.66. The number of piperidine rings is 2. The number of amides is 1. The van der Waals surface area contributed by atoms with Gasteiger partial charge in [-0.25, -0.2) is 0 Å². The second-order valence-corrected chi connectivity index (χ2v) is 7.23. The highest BCUT2D eigenvalue weighted by Crippen LogP contribution is 2.46. The number of rotatable bonds is 3. The van der Waals surface area contributed by atoms with E-state index in [2.05, 4.69) is 9.80 Å². The summed E-state index contributed by atoms with van der Waals surface area (Å²) >= 11 is 0. The highest BCUT2D eigenvalue weighted by Gasteiger charge is 2.46. The molecule has 1 spiro atoms. The fourth-order valence-electron chi connectivity index (χ4n) is 4.72. The first-order valence-corrected chi connectivity index (χ1v) is 8.76. The lowest BCUT2D eigenvalue weighted by Gasteiger charge is -2.44. The highest BCUT2D eigenvalue weighted by molar-refractivity contribution is 5.78. The molecule has 0 radical (unpaired) electrons. The summed E-state index contributed by atoms with van der Waals surface area (Å²) in [6.45, 7) is 4.72. The maximum Gasteiger partial charge on any atom is 0.236 e. The topological polar surface area (TPSA) is 32.8 Å². The number of hydrogen-bond donors (Lipinski definition) is 0. The third kappa shape index (κ3) is 3.26. The van der Waals surface area contributed by atoms with E-state index in [1.54, 1.807) is 0 Å². The molecule has 3 fully saturated rings. The van der Waals surface area contributed by atoms with Gasteiger partial charge in [-0.3, -0.25) is 9.69 Å². The lowest BCUT2D eigenvalue weighted by Crippen LogP contribution is -2.52. The van der Waals surface area contributed by atoms with Crippen molar-refractivity contribution in [2.45, 2.75) is 57.5 Å². The van der Waals surface area contributed by atoms with Crippen LogP contribution in [0.15, 0.2) is 0 Å². The third-order valence-electron chi connectivity index (χ3n) is 5.88. The molecule has 2 atom stereocenters. The van der Waals surface area contributed by atoms with Gasteiger partial charge in [0.2, 0.25) is 5.91 Å². The maximum atomic E-state index is 12.6. The smallest absolute Gasteiger partial charge is 0.236 e. The van der Waals surface area contributed by atoms with Crippen molar-refractivity contribution in [2.24, 2.45) is 5.41 Å². The Morgan fingerprint density at radius 2 is 1.86 bits per heavy atom. The van der Waals surface area contributed by atoms with E-state index in [0.717, 1.165) is 32.6 Å². The molecule has 21 heavy (non-hydrogen) atoms. The fourth-order valence-corrected chi connectivity index (χ4v) is 4.72. The Balaban J connectivity index is 1.58. The van der Waals surface area contributed by atoms with Crippen LogP contribution in [0.4, 0.5) is 0 Å². The summed E-state index contributed by atoms with van der Waals surface area (Å²) in [5.41, 5.74) is 0.255. The minimum Gasteiger partial charge on any atom is -0.381 e. The first-order valence-electron chi connectivity index (χ1n) is 8.76. The van der Waals surface area contributed by atoms with Crippen LogP contribution in [0.5, 0.6) is 0 Å². The van der Waals surface area contributed by atoms with Gasteiger partial charge in [-0.05, 0) is 51.6 Å². The molecular weight excluding hydrogens is 264 g/mol. The van der Waals surface area contributed by atoms with E-state index in [1.165, 1.54) is 44.9 Å². The summed E-state index contributed by atoms with van der Waals surface area (Å²) < 4.78 is 5.73. The van der Waals surface area contributed by atoms with E-state index in [1.807, 2.05) is 7.11 Å². The first-order chi connectivity index (χ1) is 10.2. The Labute approximate surface area is 128 Å². The van der Waals surface area contributed by atoms with Gasteiger partial charge in [0.25, 0.3) is 0 Å². The van der Waals surface area contributed by atoms with Crippen molar-refractivity contribution in [2.75, 3.05) is 39.8 Å². The molecule has 2 saturated heterocycles. The Morgan fingerprint density at radius 3 is 2.62 bits per heavy atom. The summed E-state index contributed by atoms with van der Waals surface area (Å²) in [5.74, 6) is 0.345. The number of hydrogen-bond acceptors (Lipinski definition) is 3. The van der Waals surface area contributed by atoms with Crippen molar-refractivity contribution in [3.05, 3.63) is 0 Å². The van der Waals surface area contributed by atoms with Crippen molar-refractivity contribution < 1.29 is 9.53 Å². The van der Waals surface area contributed by atoms with Crippen LogP contribution < -0.4 is 0 Å². The number of carbonyl (C=O) groups is 1. The predicted molar refractivity (Wildman–Crippen MR) is 83.2 cm³/mol. The van der Waals surface area contributed by atoms with Gasteiger partial charge in [0.15, 0.2) is 0 Å². The van der Waals surface area contributed by atoms with Crippen LogP contribution in [0.1, 0.15) is 51.4 Å². The zero-order chi connectivity index (χ0) is 14.7. The van der Waals surface area contributed by atoms with Gasteiger partial charge >= 0.3 is 0 Å². The highest BCUT2D eigenvalue weighted by atomic mass is 16.5. The van der Waals surface area contributed by atoms with Crippen LogP contribution in [0.2, 0.25) is 0 Å². The molecule has 1 aliphatic carbocycles. The molecule has 2 aliphatic heterocycles. The standard InChI is InChI=1S/C17H30N2O2/c1-21-15-7-5-8-17(15)9-6-12-19(14-17)16(20)13-18-10-3-2-4-11-18/h15H,2-14H2,1H3/t15-,17+/m1/s1. The molecule has 0 aromatic rings. The number of carbonyl (C=O) groups excluding carboxylic acids is 1. The zero-order valence-corrected chi connectivity index (χ0v) is 13.5. The average Bonchev–Trinajstić information content (AvgIpc) is 2.90. The summed E-state index contributed by atoms with van der Waals surface area (Å²) in [7, 11) is 1.84. The van der Waals surface area contributed by atoms with Gasteiger partial charge in [-0.15, -0.1) is 0 Å². The Bertz CT molecular complexity index is 368. The van der Waals surface area contributed by atoms with Crippen LogP contribution in [0, 0.1) is 5.41 Å². The van der Waals surface area contributed by atoms with E-state index in [4.69, 9.17) is 4.74 Å². The molecule has 2 heterocycles. The summed E-state index contributed by atoms with van der Waals surface area (Å²) in [4.78, 5) is 17.1. The Morgan fingerprint density at radius 1 is 1.10 bits per heavy atom. The Kier molecular flexibility index (Phi) is 4.85.